The van der Waals surface area contributed by atoms with Crippen LogP contribution < -0.4 is 0 Å². The van der Waals surface area contributed by atoms with Gasteiger partial charge in [-0.05, 0) is 38.5 Å². The van der Waals surface area contributed by atoms with Crippen LogP contribution in [0.15, 0.2) is 0 Å². The number of rotatable bonds is 43. The second-order valence-corrected chi connectivity index (χ2v) is 18.5. The van der Waals surface area contributed by atoms with E-state index in [1.807, 2.05) is 0 Å². The second kappa shape index (κ2) is 62.5. The zero-order valence-corrected chi connectivity index (χ0v) is 46.0. The van der Waals surface area contributed by atoms with Crippen LogP contribution in [0.5, 0.6) is 0 Å². The van der Waals surface area contributed by atoms with Crippen LogP contribution in [-0.2, 0) is 52.3 Å². The normalized spacial score (nSPS) is 10.7. The Kier molecular flexibility index (Phi) is 72.1. The third kappa shape index (κ3) is 69.6. The van der Waals surface area contributed by atoms with Crippen molar-refractivity contribution in [2.75, 3.05) is 26.4 Å². The molecule has 0 bridgehead atoms. The SMILES string of the molecule is CCCCCCCCCCCCCCC(=O)[S-].CCCCCCCCCCCCCCC(=O)[S-].CCCCCCCCCCCCCCC(=O)[S-].OCC(CO)(CO)CO.[Bi+3]. The number of aliphatic hydroxyl groups excluding tert-OH is 4. The summed E-state index contributed by atoms with van der Waals surface area (Å²) >= 11 is 13.6. The summed E-state index contributed by atoms with van der Waals surface area (Å²) in [6.07, 6.45) is 49.7. The fourth-order valence-corrected chi connectivity index (χ4v) is 7.06. The average Bonchev–Trinajstić information content (AvgIpc) is 3.23. The van der Waals surface area contributed by atoms with Crippen LogP contribution in [0.1, 0.15) is 271 Å². The van der Waals surface area contributed by atoms with E-state index in [2.05, 4.69) is 58.7 Å². The zero-order valence-electron chi connectivity index (χ0n) is 40.1. The van der Waals surface area contributed by atoms with Gasteiger partial charge in [-0.25, -0.2) is 0 Å². The van der Waals surface area contributed by atoms with Gasteiger partial charge in [0.2, 0.25) is 0 Å². The minimum Gasteiger partial charge on any atom is -0.742 e. The molecule has 0 aliphatic carbocycles. The fourth-order valence-electron chi connectivity index (χ4n) is 6.63. The van der Waals surface area contributed by atoms with Crippen molar-refractivity contribution in [3.8, 4) is 0 Å². The van der Waals surface area contributed by atoms with Crippen molar-refractivity contribution in [2.24, 2.45) is 5.41 Å². The number of hydrogen-bond donors (Lipinski definition) is 4. The smallest absolute Gasteiger partial charge is 0.742 e. The summed E-state index contributed by atoms with van der Waals surface area (Å²) in [5.74, 6) is 0. The van der Waals surface area contributed by atoms with E-state index in [0.29, 0.717) is 19.3 Å². The number of aliphatic hydroxyl groups is 4. The van der Waals surface area contributed by atoms with Gasteiger partial charge in [0, 0.05) is 15.3 Å². The Morgan fingerprint density at radius 1 is 0.295 bits per heavy atom. The molecule has 7 nitrogen and oxygen atoms in total. The average molecular weight is 1120 g/mol. The summed E-state index contributed by atoms with van der Waals surface area (Å²) in [6, 6.07) is 0. The van der Waals surface area contributed by atoms with Crippen LogP contribution in [0.2, 0.25) is 0 Å². The van der Waals surface area contributed by atoms with Gasteiger partial charge in [0.25, 0.3) is 0 Å². The number of carbonyl (C=O) groups is 3. The summed E-state index contributed by atoms with van der Waals surface area (Å²) < 4.78 is 0. The van der Waals surface area contributed by atoms with Crippen LogP contribution >= 0.6 is 0 Å². The molecule has 0 aromatic heterocycles. The van der Waals surface area contributed by atoms with Crippen LogP contribution in [-0.4, -0.2) is 88.4 Å². The Balaban J connectivity index is -0.000000232. The maximum Gasteiger partial charge on any atom is 3.00 e. The van der Waals surface area contributed by atoms with E-state index < -0.39 is 31.8 Å². The molecule has 4 N–H and O–H groups in total. The monoisotopic (exact) mass is 1120 g/mol. The Morgan fingerprint density at radius 2 is 0.426 bits per heavy atom. The summed E-state index contributed by atoms with van der Waals surface area (Å²) in [4.78, 5) is 31.6. The molecule has 2 radical (unpaired) electrons. The largest absolute Gasteiger partial charge is 3.00 e. The first kappa shape index (κ1) is 70.4. The van der Waals surface area contributed by atoms with Crippen LogP contribution in [0.3, 0.4) is 0 Å². The number of carbonyl (C=O) groups excluding carboxylic acids is 3. The molecule has 61 heavy (non-hydrogen) atoms. The van der Waals surface area contributed by atoms with Crippen molar-refractivity contribution in [1.82, 2.24) is 0 Å². The summed E-state index contributed by atoms with van der Waals surface area (Å²) in [7, 11) is 0. The minimum absolute atomic E-state index is 0. The second-order valence-electron chi connectivity index (χ2n) is 17.2. The van der Waals surface area contributed by atoms with Gasteiger partial charge < -0.3 is 72.7 Å². The molecule has 0 amide bonds. The molecule has 0 aliphatic rings. The van der Waals surface area contributed by atoms with Crippen molar-refractivity contribution in [3.05, 3.63) is 0 Å². The van der Waals surface area contributed by atoms with Gasteiger partial charge in [0.05, 0.1) is 31.8 Å². The Bertz CT molecular complexity index is 742. The third-order valence-corrected chi connectivity index (χ3v) is 11.7. The quantitative estimate of drug-likeness (QED) is 0.0266. The summed E-state index contributed by atoms with van der Waals surface area (Å²) in [6.45, 7) is 5.17. The molecular formula is C50H99BiO7S3. The third-order valence-electron chi connectivity index (χ3n) is 11.0. The van der Waals surface area contributed by atoms with Crippen LogP contribution in [0, 0.1) is 5.41 Å². The van der Waals surface area contributed by atoms with Gasteiger partial charge in [-0.2, -0.15) is 0 Å². The molecule has 11 heteroatoms. The molecule has 0 aliphatic heterocycles. The topological polar surface area (TPSA) is 132 Å². The first-order valence-corrected chi connectivity index (χ1v) is 26.3. The molecule has 0 saturated carbocycles. The molecule has 0 atom stereocenters. The van der Waals surface area contributed by atoms with Crippen molar-refractivity contribution in [2.45, 2.75) is 271 Å². The standard InChI is InChI=1S/3C15H30OS.C5H12O4.Bi/c3*1-2-3-4-5-6-7-8-9-10-11-12-13-14-15(16)17;6-1-5(2-7,3-8)4-9;/h3*2-14H2,1H3,(H,16,17);6-9H,1-4H2;/q;;;;+3/p-3. The Morgan fingerprint density at radius 3 is 0.525 bits per heavy atom. The molecule has 0 saturated heterocycles. The van der Waals surface area contributed by atoms with E-state index in [9.17, 15) is 14.4 Å². The molecule has 364 valence electrons. The van der Waals surface area contributed by atoms with E-state index >= 15 is 0 Å². The van der Waals surface area contributed by atoms with E-state index in [4.69, 9.17) is 20.4 Å². The molecule has 0 aromatic rings. The van der Waals surface area contributed by atoms with Crippen molar-refractivity contribution < 1.29 is 34.8 Å². The van der Waals surface area contributed by atoms with Crippen LogP contribution in [0.25, 0.3) is 0 Å². The molecule has 0 rings (SSSR count). The van der Waals surface area contributed by atoms with Gasteiger partial charge in [-0.15, -0.1) is 0 Å². The molecule has 0 heterocycles. The van der Waals surface area contributed by atoms with Crippen molar-refractivity contribution in [3.63, 3.8) is 0 Å². The molecule has 0 fully saturated rings. The first-order chi connectivity index (χ1) is 29.1. The van der Waals surface area contributed by atoms with Crippen molar-refractivity contribution >= 4 is 79.4 Å². The van der Waals surface area contributed by atoms with Gasteiger partial charge >= 0.3 is 26.2 Å². The summed E-state index contributed by atoms with van der Waals surface area (Å²) in [5, 5.41) is 33.8. The maximum atomic E-state index is 10.5. The predicted molar refractivity (Wildman–Crippen MR) is 271 cm³/mol. The molecule has 0 spiro atoms. The Hall–Kier alpha value is 0.393. The minimum atomic E-state index is -1.11. The van der Waals surface area contributed by atoms with Crippen molar-refractivity contribution in [1.29, 1.82) is 0 Å². The first-order valence-electron chi connectivity index (χ1n) is 25.1. The fraction of sp³-hybridized carbons (Fsp3) is 0.940. The van der Waals surface area contributed by atoms with Crippen LogP contribution in [0.4, 0.5) is 0 Å². The van der Waals surface area contributed by atoms with E-state index in [1.54, 1.807) is 0 Å². The summed E-state index contributed by atoms with van der Waals surface area (Å²) in [5.41, 5.74) is -1.11. The Labute approximate surface area is 414 Å². The zero-order chi connectivity index (χ0) is 45.6. The number of unbranched alkanes of at least 4 members (excludes halogenated alkanes) is 33. The molecule has 0 aromatic carbocycles. The van der Waals surface area contributed by atoms with E-state index in [0.717, 1.165) is 19.3 Å². The predicted octanol–water partition coefficient (Wildman–Crippen LogP) is 13.0. The van der Waals surface area contributed by atoms with E-state index in [-0.39, 0.29) is 41.5 Å². The number of hydrogen-bond acceptors (Lipinski definition) is 10. The van der Waals surface area contributed by atoms with Gasteiger partial charge in [0.1, 0.15) is 0 Å². The van der Waals surface area contributed by atoms with Gasteiger partial charge in [-0.3, -0.25) is 0 Å². The van der Waals surface area contributed by atoms with Gasteiger partial charge in [-0.1, -0.05) is 233 Å². The van der Waals surface area contributed by atoms with E-state index in [1.165, 1.54) is 212 Å². The maximum absolute atomic E-state index is 10.5. The molecular weight excluding hydrogens is 1020 g/mol. The molecule has 0 unspecified atom stereocenters. The van der Waals surface area contributed by atoms with Gasteiger partial charge in [0.15, 0.2) is 0 Å².